The Morgan fingerprint density at radius 2 is 1.84 bits per heavy atom. The Labute approximate surface area is 185 Å². The zero-order valence-electron chi connectivity index (χ0n) is 16.5. The van der Waals surface area contributed by atoms with E-state index in [1.807, 2.05) is 0 Å². The first-order chi connectivity index (χ1) is 14.9. The lowest BCUT2D eigenvalue weighted by Crippen LogP contribution is -2.28. The zero-order valence-corrected chi connectivity index (χ0v) is 17.3. The van der Waals surface area contributed by atoms with E-state index in [1.165, 1.54) is 18.3 Å². The van der Waals surface area contributed by atoms with Gasteiger partial charge in [-0.25, -0.2) is 4.52 Å². The number of nitrogens with zero attached hydrogens (tertiary/aromatic N) is 4. The number of alkyl halides is 3. The van der Waals surface area contributed by atoms with Crippen LogP contribution in [0.1, 0.15) is 30.0 Å². The second-order valence-corrected chi connectivity index (χ2v) is 7.40. The normalized spacial score (nSPS) is 15.1. The van der Waals surface area contributed by atoms with Crippen LogP contribution in [-0.4, -0.2) is 37.8 Å². The van der Waals surface area contributed by atoms with Crippen LogP contribution < -0.4 is 10.9 Å². The van der Waals surface area contributed by atoms with E-state index in [0.29, 0.717) is 16.8 Å². The zero-order chi connectivity index (χ0) is 21.6. The third kappa shape index (κ3) is 4.00. The van der Waals surface area contributed by atoms with Crippen LogP contribution in [0.3, 0.4) is 0 Å². The molecule has 8 nitrogen and oxygen atoms in total. The number of hydrogen-bond acceptors (Lipinski definition) is 6. The molecule has 0 aliphatic carbocycles. The van der Waals surface area contributed by atoms with Crippen molar-refractivity contribution in [3.63, 3.8) is 0 Å². The van der Waals surface area contributed by atoms with Gasteiger partial charge in [-0.2, -0.15) is 23.3 Å². The van der Waals surface area contributed by atoms with Gasteiger partial charge < -0.3 is 14.8 Å². The molecule has 0 spiro atoms. The smallest absolute Gasteiger partial charge is 0.333 e. The van der Waals surface area contributed by atoms with E-state index >= 15 is 0 Å². The van der Waals surface area contributed by atoms with Crippen LogP contribution in [0.25, 0.3) is 28.5 Å². The summed E-state index contributed by atoms with van der Waals surface area (Å²) in [6, 6.07) is 6.05. The van der Waals surface area contributed by atoms with E-state index in [4.69, 9.17) is 4.52 Å². The van der Waals surface area contributed by atoms with E-state index in [9.17, 15) is 18.0 Å². The molecule has 0 bridgehead atoms. The Morgan fingerprint density at radius 1 is 1.12 bits per heavy atom. The van der Waals surface area contributed by atoms with Gasteiger partial charge in [0, 0.05) is 17.5 Å². The van der Waals surface area contributed by atoms with Crippen molar-refractivity contribution in [1.29, 1.82) is 0 Å². The minimum Gasteiger partial charge on any atom is -0.333 e. The maximum Gasteiger partial charge on any atom is 0.416 e. The van der Waals surface area contributed by atoms with Crippen molar-refractivity contribution in [2.24, 2.45) is 0 Å². The van der Waals surface area contributed by atoms with E-state index in [2.05, 4.69) is 25.5 Å². The summed E-state index contributed by atoms with van der Waals surface area (Å²) in [4.78, 5) is 19.4. The maximum absolute atomic E-state index is 12.8. The molecule has 12 heteroatoms. The highest BCUT2D eigenvalue weighted by molar-refractivity contribution is 5.85. The van der Waals surface area contributed by atoms with Crippen LogP contribution in [0.15, 0.2) is 45.8 Å². The number of nitrogens with one attached hydrogen (secondary N) is 2. The van der Waals surface area contributed by atoms with E-state index < -0.39 is 11.7 Å². The van der Waals surface area contributed by atoms with Gasteiger partial charge in [-0.15, -0.1) is 12.4 Å². The van der Waals surface area contributed by atoms with Crippen molar-refractivity contribution in [2.45, 2.75) is 24.9 Å². The number of piperidine rings is 1. The largest absolute Gasteiger partial charge is 0.416 e. The molecular weight excluding hydrogens is 449 g/mol. The van der Waals surface area contributed by atoms with Crippen molar-refractivity contribution >= 4 is 18.1 Å². The quantitative estimate of drug-likeness (QED) is 0.478. The Bertz CT molecular complexity index is 1290. The van der Waals surface area contributed by atoms with Gasteiger partial charge in [-0.3, -0.25) is 4.79 Å². The molecule has 0 saturated carbocycles. The fourth-order valence-electron chi connectivity index (χ4n) is 3.84. The first-order valence-electron chi connectivity index (χ1n) is 9.73. The molecule has 5 rings (SSSR count). The number of benzene rings is 1. The highest BCUT2D eigenvalue weighted by Crippen LogP contribution is 2.32. The molecule has 32 heavy (non-hydrogen) atoms. The number of halogens is 4. The summed E-state index contributed by atoms with van der Waals surface area (Å²) < 4.78 is 45.3. The van der Waals surface area contributed by atoms with Crippen LogP contribution in [0, 0.1) is 0 Å². The monoisotopic (exact) mass is 466 g/mol. The Kier molecular flexibility index (Phi) is 5.78. The summed E-state index contributed by atoms with van der Waals surface area (Å²) in [5, 5.41) is 11.6. The average Bonchev–Trinajstić information content (AvgIpc) is 3.40. The van der Waals surface area contributed by atoms with Gasteiger partial charge >= 0.3 is 6.18 Å². The number of hydrogen-bond donors (Lipinski definition) is 2. The molecule has 1 aromatic carbocycles. The second kappa shape index (κ2) is 8.40. The summed E-state index contributed by atoms with van der Waals surface area (Å²) in [5.41, 5.74) is 1.05. The van der Waals surface area contributed by atoms with Gasteiger partial charge in [0.15, 0.2) is 0 Å². The molecule has 1 aliphatic heterocycles. The van der Waals surface area contributed by atoms with Gasteiger partial charge in [0.25, 0.3) is 11.4 Å². The molecule has 3 aromatic heterocycles. The summed E-state index contributed by atoms with van der Waals surface area (Å²) in [6.07, 6.45) is -1.10. The average molecular weight is 467 g/mol. The van der Waals surface area contributed by atoms with Gasteiger partial charge in [-0.05, 0) is 38.1 Å². The summed E-state index contributed by atoms with van der Waals surface area (Å²) in [6.45, 7) is 1.74. The molecule has 0 radical (unpaired) electrons. The minimum absolute atomic E-state index is 0. The van der Waals surface area contributed by atoms with Crippen LogP contribution in [-0.2, 0) is 6.18 Å². The SMILES string of the molecule is Cl.O=c1cc(C2CCNCC2)n2ncc(-c3nc(-c4ccc(C(F)(F)F)cc4)no3)c2[nH]1. The maximum atomic E-state index is 12.8. The molecule has 4 aromatic rings. The molecule has 2 N–H and O–H groups in total. The fourth-order valence-corrected chi connectivity index (χ4v) is 3.84. The predicted molar refractivity (Wildman–Crippen MR) is 112 cm³/mol. The van der Waals surface area contributed by atoms with Gasteiger partial charge in [-0.1, -0.05) is 17.3 Å². The van der Waals surface area contributed by atoms with Crippen LogP contribution >= 0.6 is 12.4 Å². The highest BCUT2D eigenvalue weighted by atomic mass is 35.5. The fraction of sp³-hybridized carbons (Fsp3) is 0.300. The summed E-state index contributed by atoms with van der Waals surface area (Å²) >= 11 is 0. The van der Waals surface area contributed by atoms with Gasteiger partial charge in [0.2, 0.25) is 5.82 Å². The van der Waals surface area contributed by atoms with Crippen molar-refractivity contribution in [1.82, 2.24) is 30.1 Å². The van der Waals surface area contributed by atoms with Crippen molar-refractivity contribution < 1.29 is 17.7 Å². The molecule has 0 unspecified atom stereocenters. The van der Waals surface area contributed by atoms with Crippen LogP contribution in [0.2, 0.25) is 0 Å². The number of aromatic nitrogens is 5. The lowest BCUT2D eigenvalue weighted by atomic mass is 9.94. The standard InChI is InChI=1S/C20H17F3N6O2.ClH/c21-20(22,23)13-3-1-12(2-4-13)17-27-19(31-28-17)14-10-25-29-15(9-16(30)26-18(14)29)11-5-7-24-8-6-11;/h1-4,9-11,24H,5-8H2,(H,26,30);1H. The lowest BCUT2D eigenvalue weighted by Gasteiger charge is -2.23. The third-order valence-corrected chi connectivity index (χ3v) is 5.42. The van der Waals surface area contributed by atoms with E-state index in [1.54, 1.807) is 10.6 Å². The van der Waals surface area contributed by atoms with Gasteiger partial charge in [0.1, 0.15) is 11.2 Å². The molecule has 0 atom stereocenters. The first kappa shape index (κ1) is 22.0. The summed E-state index contributed by atoms with van der Waals surface area (Å²) in [5.74, 6) is 0.451. The predicted octanol–water partition coefficient (Wildman–Crippen LogP) is 3.65. The number of aromatic amines is 1. The van der Waals surface area contributed by atoms with E-state index in [-0.39, 0.29) is 35.6 Å². The Balaban J connectivity index is 0.00000245. The van der Waals surface area contributed by atoms with Crippen molar-refractivity contribution in [3.05, 3.63) is 58.1 Å². The number of fused-ring (bicyclic) bond motifs is 1. The first-order valence-corrected chi connectivity index (χ1v) is 9.73. The molecule has 0 amide bonds. The second-order valence-electron chi connectivity index (χ2n) is 7.40. The number of H-pyrrole nitrogens is 1. The molecule has 1 fully saturated rings. The molecule has 1 aliphatic rings. The minimum atomic E-state index is -4.42. The Hall–Kier alpha value is -3.18. The lowest BCUT2D eigenvalue weighted by molar-refractivity contribution is -0.137. The number of rotatable bonds is 3. The third-order valence-electron chi connectivity index (χ3n) is 5.42. The summed E-state index contributed by atoms with van der Waals surface area (Å²) in [7, 11) is 0. The molecule has 1 saturated heterocycles. The van der Waals surface area contributed by atoms with Gasteiger partial charge in [0.05, 0.1) is 17.5 Å². The topological polar surface area (TPSA) is 101 Å². The molecule has 4 heterocycles. The Morgan fingerprint density at radius 3 is 2.53 bits per heavy atom. The van der Waals surface area contributed by atoms with Crippen molar-refractivity contribution in [3.8, 4) is 22.8 Å². The highest BCUT2D eigenvalue weighted by Gasteiger charge is 2.30. The van der Waals surface area contributed by atoms with Crippen LogP contribution in [0.5, 0.6) is 0 Å². The van der Waals surface area contributed by atoms with Crippen molar-refractivity contribution in [2.75, 3.05) is 13.1 Å². The molecule has 168 valence electrons. The van der Waals surface area contributed by atoms with Crippen LogP contribution in [0.4, 0.5) is 13.2 Å². The molecular formula is C20H18ClF3N6O2. The van der Waals surface area contributed by atoms with E-state index in [0.717, 1.165) is 43.8 Å².